The lowest BCUT2D eigenvalue weighted by atomic mass is 10.3. The molecule has 0 aliphatic heterocycles. The van der Waals surface area contributed by atoms with Crippen molar-refractivity contribution in [1.82, 2.24) is 15.2 Å². The Kier molecular flexibility index (Phi) is 4.26. The summed E-state index contributed by atoms with van der Waals surface area (Å²) in [5.41, 5.74) is 0.844. The molecule has 0 aliphatic carbocycles. The lowest BCUT2D eigenvalue weighted by molar-refractivity contribution is 0.294. The van der Waals surface area contributed by atoms with Crippen LogP contribution in [0, 0.1) is 11.3 Å². The summed E-state index contributed by atoms with van der Waals surface area (Å²) >= 11 is 0. The molecule has 0 amide bonds. The van der Waals surface area contributed by atoms with Crippen molar-refractivity contribution in [3.05, 3.63) is 11.4 Å². The standard InChI is InChI=1S/C6H8N4O.ClH/c1-10(2)4-6-5(3-7)8-11-9-6;/h4H2,1-2H3;1H. The van der Waals surface area contributed by atoms with E-state index in [9.17, 15) is 0 Å². The predicted molar refractivity (Wildman–Crippen MR) is 43.7 cm³/mol. The highest BCUT2D eigenvalue weighted by molar-refractivity contribution is 5.85. The van der Waals surface area contributed by atoms with Crippen LogP contribution in [-0.2, 0) is 6.54 Å². The maximum Gasteiger partial charge on any atom is 0.209 e. The van der Waals surface area contributed by atoms with Crippen LogP contribution >= 0.6 is 12.4 Å². The number of hydrogen-bond acceptors (Lipinski definition) is 5. The smallest absolute Gasteiger partial charge is 0.209 e. The second-order valence-electron chi connectivity index (χ2n) is 2.41. The van der Waals surface area contributed by atoms with Crippen molar-refractivity contribution < 1.29 is 4.63 Å². The third-order valence-corrected chi connectivity index (χ3v) is 1.13. The maximum atomic E-state index is 8.49. The quantitative estimate of drug-likeness (QED) is 0.673. The van der Waals surface area contributed by atoms with Gasteiger partial charge in [-0.05, 0) is 19.3 Å². The van der Waals surface area contributed by atoms with E-state index in [-0.39, 0.29) is 18.1 Å². The Balaban J connectivity index is 0.00000121. The fourth-order valence-electron chi connectivity index (χ4n) is 0.695. The molecule has 6 heteroatoms. The number of aromatic nitrogens is 2. The minimum atomic E-state index is 0. The first-order chi connectivity index (χ1) is 5.24. The SMILES string of the molecule is CN(C)Cc1nonc1C#N.Cl. The fourth-order valence-corrected chi connectivity index (χ4v) is 0.695. The van der Waals surface area contributed by atoms with Crippen molar-refractivity contribution in [1.29, 1.82) is 5.26 Å². The lowest BCUT2D eigenvalue weighted by Crippen LogP contribution is -2.11. The summed E-state index contributed by atoms with van der Waals surface area (Å²) in [5.74, 6) is 0. The van der Waals surface area contributed by atoms with Crippen molar-refractivity contribution in [2.24, 2.45) is 0 Å². The predicted octanol–water partition coefficient (Wildman–Crippen LogP) is 0.425. The second kappa shape index (κ2) is 4.70. The van der Waals surface area contributed by atoms with E-state index in [1.807, 2.05) is 25.1 Å². The molecule has 5 nitrogen and oxygen atoms in total. The molecular weight excluding hydrogens is 180 g/mol. The monoisotopic (exact) mass is 188 g/mol. The van der Waals surface area contributed by atoms with Crippen LogP contribution in [0.5, 0.6) is 0 Å². The molecular formula is C6H9ClN4O. The van der Waals surface area contributed by atoms with Gasteiger partial charge >= 0.3 is 0 Å². The Morgan fingerprint density at radius 2 is 2.17 bits per heavy atom. The van der Waals surface area contributed by atoms with Gasteiger partial charge in [-0.15, -0.1) is 12.4 Å². The van der Waals surface area contributed by atoms with E-state index in [0.717, 1.165) is 0 Å². The van der Waals surface area contributed by atoms with Crippen molar-refractivity contribution in [3.8, 4) is 6.07 Å². The molecule has 1 aromatic heterocycles. The van der Waals surface area contributed by atoms with Crippen molar-refractivity contribution >= 4 is 12.4 Å². The molecule has 0 saturated heterocycles. The highest BCUT2D eigenvalue weighted by Crippen LogP contribution is 2.02. The van der Waals surface area contributed by atoms with E-state index >= 15 is 0 Å². The summed E-state index contributed by atoms with van der Waals surface area (Å²) in [6.45, 7) is 0.576. The van der Waals surface area contributed by atoms with Gasteiger partial charge in [0.2, 0.25) is 5.69 Å². The molecule has 1 aromatic rings. The van der Waals surface area contributed by atoms with Gasteiger partial charge in [0, 0.05) is 6.54 Å². The lowest BCUT2D eigenvalue weighted by Gasteiger charge is -2.04. The van der Waals surface area contributed by atoms with Gasteiger partial charge < -0.3 is 4.90 Å². The maximum absolute atomic E-state index is 8.49. The number of hydrogen-bond donors (Lipinski definition) is 0. The molecule has 0 N–H and O–H groups in total. The zero-order chi connectivity index (χ0) is 8.27. The van der Waals surface area contributed by atoms with Gasteiger partial charge in [-0.25, -0.2) is 4.63 Å². The number of halogens is 1. The molecule has 1 heterocycles. The van der Waals surface area contributed by atoms with Crippen LogP contribution in [0.4, 0.5) is 0 Å². The van der Waals surface area contributed by atoms with Gasteiger partial charge in [-0.3, -0.25) is 0 Å². The molecule has 0 spiro atoms. The average Bonchev–Trinajstić information content (AvgIpc) is 2.34. The summed E-state index contributed by atoms with van der Waals surface area (Å²) < 4.78 is 4.39. The molecule has 0 aromatic carbocycles. The third kappa shape index (κ3) is 2.49. The average molecular weight is 189 g/mol. The third-order valence-electron chi connectivity index (χ3n) is 1.13. The van der Waals surface area contributed by atoms with E-state index < -0.39 is 0 Å². The highest BCUT2D eigenvalue weighted by Gasteiger charge is 2.08. The van der Waals surface area contributed by atoms with Gasteiger partial charge in [0.05, 0.1) is 0 Å². The van der Waals surface area contributed by atoms with Crippen LogP contribution in [0.3, 0.4) is 0 Å². The molecule has 0 aliphatic rings. The van der Waals surface area contributed by atoms with Crippen LogP contribution in [0.25, 0.3) is 0 Å². The van der Waals surface area contributed by atoms with Crippen LogP contribution in [0.2, 0.25) is 0 Å². The highest BCUT2D eigenvalue weighted by atomic mass is 35.5. The molecule has 66 valence electrons. The minimum Gasteiger partial charge on any atom is -0.303 e. The first kappa shape index (κ1) is 10.9. The Morgan fingerprint density at radius 1 is 1.50 bits per heavy atom. The van der Waals surface area contributed by atoms with E-state index in [0.29, 0.717) is 12.2 Å². The number of rotatable bonds is 2. The van der Waals surface area contributed by atoms with Crippen LogP contribution < -0.4 is 0 Å². The number of nitrogens with zero attached hydrogens (tertiary/aromatic N) is 4. The normalized spacial score (nSPS) is 9.17. The first-order valence-electron chi connectivity index (χ1n) is 3.10. The van der Waals surface area contributed by atoms with Crippen molar-refractivity contribution in [2.45, 2.75) is 6.54 Å². The van der Waals surface area contributed by atoms with Gasteiger partial charge in [0.15, 0.2) is 0 Å². The Hall–Kier alpha value is -1.12. The molecule has 12 heavy (non-hydrogen) atoms. The largest absolute Gasteiger partial charge is 0.303 e. The molecule has 0 fully saturated rings. The van der Waals surface area contributed by atoms with Crippen molar-refractivity contribution in [3.63, 3.8) is 0 Å². The van der Waals surface area contributed by atoms with E-state index in [1.54, 1.807) is 0 Å². The van der Waals surface area contributed by atoms with E-state index in [1.165, 1.54) is 0 Å². The summed E-state index contributed by atoms with van der Waals surface area (Å²) in [5, 5.41) is 15.5. The fraction of sp³-hybridized carbons (Fsp3) is 0.500. The molecule has 0 saturated carbocycles. The summed E-state index contributed by atoms with van der Waals surface area (Å²) in [7, 11) is 3.77. The van der Waals surface area contributed by atoms with Gasteiger partial charge in [-0.1, -0.05) is 5.16 Å². The van der Waals surface area contributed by atoms with Gasteiger partial charge in [0.25, 0.3) is 0 Å². The first-order valence-corrected chi connectivity index (χ1v) is 3.10. The second-order valence-corrected chi connectivity index (χ2v) is 2.41. The molecule has 0 radical (unpaired) electrons. The summed E-state index contributed by atoms with van der Waals surface area (Å²) in [6, 6.07) is 1.89. The van der Waals surface area contributed by atoms with E-state index in [2.05, 4.69) is 14.9 Å². The molecule has 0 bridgehead atoms. The number of nitriles is 1. The Bertz CT molecular complexity index is 277. The summed E-state index contributed by atoms with van der Waals surface area (Å²) in [4.78, 5) is 1.89. The molecule has 1 rings (SSSR count). The molecule has 0 unspecified atom stereocenters. The minimum absolute atomic E-state index is 0. The zero-order valence-electron chi connectivity index (χ0n) is 6.81. The summed E-state index contributed by atoms with van der Waals surface area (Å²) in [6.07, 6.45) is 0. The van der Waals surface area contributed by atoms with Gasteiger partial charge in [0.1, 0.15) is 11.8 Å². The van der Waals surface area contributed by atoms with Crippen LogP contribution in [-0.4, -0.2) is 29.3 Å². The van der Waals surface area contributed by atoms with E-state index in [4.69, 9.17) is 5.26 Å². The Morgan fingerprint density at radius 3 is 2.67 bits per heavy atom. The van der Waals surface area contributed by atoms with Crippen molar-refractivity contribution in [2.75, 3.05) is 14.1 Å². The Labute approximate surface area is 76.3 Å². The van der Waals surface area contributed by atoms with Crippen LogP contribution in [0.1, 0.15) is 11.4 Å². The topological polar surface area (TPSA) is 66.0 Å². The van der Waals surface area contributed by atoms with Crippen LogP contribution in [0.15, 0.2) is 4.63 Å². The molecule has 0 atom stereocenters. The zero-order valence-corrected chi connectivity index (χ0v) is 7.63. The van der Waals surface area contributed by atoms with Gasteiger partial charge in [-0.2, -0.15) is 5.26 Å².